The molecule has 2 N–H and O–H groups in total. The quantitative estimate of drug-likeness (QED) is 0.295. The first-order chi connectivity index (χ1) is 12.5. The Bertz CT molecular complexity index is 580. The predicted octanol–water partition coefficient (Wildman–Crippen LogP) is 5.55. The Morgan fingerprint density at radius 3 is 1.81 bits per heavy atom. The fraction of sp³-hybridized carbons (Fsp3) is 0.571. The van der Waals surface area contributed by atoms with Gasteiger partial charge in [-0.15, -0.1) is 0 Å². The Morgan fingerprint density at radius 1 is 0.962 bits per heavy atom. The SMILES string of the molecule is CCC[CH2][Sn]([CH2]CCC)([CH2]CCC)[C](=CC(N)=O)S(=O)c1ccccc1. The van der Waals surface area contributed by atoms with Crippen LogP contribution in [0.3, 0.4) is 0 Å². The molecule has 0 saturated heterocycles. The minimum atomic E-state index is -2.97. The number of unbranched alkanes of at least 4 members (excludes halogenated alkanes) is 3. The molecule has 5 heteroatoms. The van der Waals surface area contributed by atoms with E-state index in [1.54, 1.807) is 6.08 Å². The zero-order valence-electron chi connectivity index (χ0n) is 16.6. The maximum absolute atomic E-state index is 13.5. The topological polar surface area (TPSA) is 60.2 Å². The zero-order chi connectivity index (χ0) is 19.4. The number of primary amides is 1. The molecule has 0 aliphatic heterocycles. The van der Waals surface area contributed by atoms with Crippen molar-refractivity contribution >= 4 is 35.1 Å². The first-order valence-electron chi connectivity index (χ1n) is 9.99. The van der Waals surface area contributed by atoms with E-state index >= 15 is 0 Å². The van der Waals surface area contributed by atoms with Crippen molar-refractivity contribution < 1.29 is 9.00 Å². The van der Waals surface area contributed by atoms with Crippen LogP contribution in [0, 0.1) is 0 Å². The summed E-state index contributed by atoms with van der Waals surface area (Å²) < 4.78 is 18.0. The van der Waals surface area contributed by atoms with E-state index < -0.39 is 35.1 Å². The maximum atomic E-state index is 13.5. The molecule has 0 fully saturated rings. The number of carbonyl (C=O) groups excluding carboxylic acids is 1. The third-order valence-electron chi connectivity index (χ3n) is 4.98. The van der Waals surface area contributed by atoms with E-state index in [0.29, 0.717) is 0 Å². The Balaban J connectivity index is 3.42. The molecule has 0 radical (unpaired) electrons. The molecule has 0 aliphatic rings. The van der Waals surface area contributed by atoms with E-state index in [2.05, 4.69) is 20.8 Å². The molecule has 0 aliphatic carbocycles. The van der Waals surface area contributed by atoms with Crippen LogP contribution < -0.4 is 5.73 Å². The first-order valence-corrected chi connectivity index (χ1v) is 18.6. The fourth-order valence-electron chi connectivity index (χ4n) is 3.49. The second-order valence-corrected chi connectivity index (χ2v) is 22.7. The van der Waals surface area contributed by atoms with Crippen molar-refractivity contribution in [2.45, 2.75) is 77.5 Å². The van der Waals surface area contributed by atoms with Crippen LogP contribution in [-0.2, 0) is 15.6 Å². The third kappa shape index (κ3) is 7.18. The van der Waals surface area contributed by atoms with Crippen molar-refractivity contribution in [2.24, 2.45) is 5.73 Å². The van der Waals surface area contributed by atoms with Crippen molar-refractivity contribution in [1.29, 1.82) is 0 Å². The molecule has 0 saturated carbocycles. The fourth-order valence-corrected chi connectivity index (χ4v) is 25.6. The molecule has 1 atom stereocenters. The van der Waals surface area contributed by atoms with Gasteiger partial charge < -0.3 is 0 Å². The van der Waals surface area contributed by atoms with E-state index in [-0.39, 0.29) is 0 Å². The number of nitrogens with two attached hydrogens (primary N) is 1. The van der Waals surface area contributed by atoms with E-state index in [1.165, 1.54) is 13.3 Å². The van der Waals surface area contributed by atoms with Gasteiger partial charge in [0.1, 0.15) is 0 Å². The molecule has 1 rings (SSSR count). The van der Waals surface area contributed by atoms with Crippen LogP contribution in [-0.4, -0.2) is 28.5 Å². The van der Waals surface area contributed by atoms with Crippen LogP contribution >= 0.6 is 0 Å². The summed E-state index contributed by atoms with van der Waals surface area (Å²) in [7, 11) is -1.27. The molecule has 0 bridgehead atoms. The molecule has 0 heterocycles. The van der Waals surface area contributed by atoms with Gasteiger partial charge in [0.2, 0.25) is 0 Å². The van der Waals surface area contributed by atoms with E-state index in [1.807, 2.05) is 30.3 Å². The molecule has 1 aromatic carbocycles. The van der Waals surface area contributed by atoms with Crippen molar-refractivity contribution in [3.05, 3.63) is 39.3 Å². The van der Waals surface area contributed by atoms with Crippen LogP contribution in [0.5, 0.6) is 0 Å². The summed E-state index contributed by atoms with van der Waals surface area (Å²) in [5, 5.41) is 0. The molecule has 0 aromatic heterocycles. The number of benzene rings is 1. The summed E-state index contributed by atoms with van der Waals surface area (Å²) in [6.07, 6.45) is 8.44. The van der Waals surface area contributed by atoms with Crippen molar-refractivity contribution in [2.75, 3.05) is 0 Å². The summed E-state index contributed by atoms with van der Waals surface area (Å²) in [6, 6.07) is 9.56. The van der Waals surface area contributed by atoms with Gasteiger partial charge in [-0.1, -0.05) is 0 Å². The van der Waals surface area contributed by atoms with Crippen LogP contribution in [0.2, 0.25) is 13.3 Å². The third-order valence-corrected chi connectivity index (χ3v) is 25.3. The van der Waals surface area contributed by atoms with Gasteiger partial charge in [-0.3, -0.25) is 0 Å². The number of hydrogen-bond acceptors (Lipinski definition) is 2. The normalized spacial score (nSPS) is 13.6. The second kappa shape index (κ2) is 12.7. The predicted molar refractivity (Wildman–Crippen MR) is 115 cm³/mol. The Kier molecular flexibility index (Phi) is 11.4. The van der Waals surface area contributed by atoms with Gasteiger partial charge in [0, 0.05) is 0 Å². The molecule has 26 heavy (non-hydrogen) atoms. The van der Waals surface area contributed by atoms with E-state index in [9.17, 15) is 9.00 Å². The summed E-state index contributed by atoms with van der Waals surface area (Å²) >= 11 is -2.97. The molecule has 1 amide bonds. The van der Waals surface area contributed by atoms with Gasteiger partial charge in [-0.25, -0.2) is 0 Å². The Hall–Kier alpha value is -0.621. The van der Waals surface area contributed by atoms with Gasteiger partial charge in [0.15, 0.2) is 0 Å². The van der Waals surface area contributed by atoms with Crippen molar-refractivity contribution in [3.63, 3.8) is 0 Å². The summed E-state index contributed by atoms with van der Waals surface area (Å²) in [4.78, 5) is 12.7. The standard InChI is InChI=1S/C9H8NO2S.3C4H9.Sn/c10-9(11)6-7-13(12)8-4-2-1-3-5-8;3*1-3-4-2;/h1-6H,(H2,10,11);3*1,3-4H2,2H3;. The number of carbonyl (C=O) groups is 1. The van der Waals surface area contributed by atoms with Gasteiger partial charge in [-0.2, -0.15) is 0 Å². The monoisotopic (exact) mass is 485 g/mol. The first kappa shape index (κ1) is 23.4. The summed E-state index contributed by atoms with van der Waals surface area (Å²) in [6.45, 7) is 6.63. The van der Waals surface area contributed by atoms with Gasteiger partial charge in [-0.05, 0) is 0 Å². The summed E-state index contributed by atoms with van der Waals surface area (Å²) in [5.74, 6) is -0.449. The molecule has 146 valence electrons. The molecule has 0 spiro atoms. The average molecular weight is 484 g/mol. The van der Waals surface area contributed by atoms with Crippen LogP contribution in [0.25, 0.3) is 0 Å². The summed E-state index contributed by atoms with van der Waals surface area (Å²) in [5.41, 5.74) is 5.58. The van der Waals surface area contributed by atoms with Gasteiger partial charge in [0.25, 0.3) is 0 Å². The van der Waals surface area contributed by atoms with E-state index in [0.717, 1.165) is 46.3 Å². The molecular formula is C21H35NO2SSn. The molecule has 1 aromatic rings. The number of rotatable bonds is 13. The van der Waals surface area contributed by atoms with E-state index in [4.69, 9.17) is 5.73 Å². The second-order valence-electron chi connectivity index (χ2n) is 7.08. The van der Waals surface area contributed by atoms with Crippen LogP contribution in [0.15, 0.2) is 44.2 Å². The molecule has 1 unspecified atom stereocenters. The zero-order valence-corrected chi connectivity index (χ0v) is 20.3. The van der Waals surface area contributed by atoms with Crippen LogP contribution in [0.1, 0.15) is 59.3 Å². The Morgan fingerprint density at radius 2 is 1.42 bits per heavy atom. The van der Waals surface area contributed by atoms with Crippen LogP contribution in [0.4, 0.5) is 0 Å². The number of hydrogen-bond donors (Lipinski definition) is 1. The average Bonchev–Trinajstić information content (AvgIpc) is 2.66. The van der Waals surface area contributed by atoms with Crippen molar-refractivity contribution in [1.82, 2.24) is 0 Å². The number of amides is 1. The Labute approximate surface area is 166 Å². The van der Waals surface area contributed by atoms with Gasteiger partial charge in [0.05, 0.1) is 0 Å². The molecule has 3 nitrogen and oxygen atoms in total. The molecular weight excluding hydrogens is 449 g/mol. The minimum absolute atomic E-state index is 0.449. The van der Waals surface area contributed by atoms with Crippen molar-refractivity contribution in [3.8, 4) is 0 Å². The van der Waals surface area contributed by atoms with Gasteiger partial charge >= 0.3 is 167 Å².